The van der Waals surface area contributed by atoms with Crippen LogP contribution in [0.3, 0.4) is 0 Å². The largest absolute Gasteiger partial charge is 0.389 e. The molecule has 1 aromatic rings. The smallest absolute Gasteiger partial charge is 0.243 e. The van der Waals surface area contributed by atoms with Gasteiger partial charge in [0.2, 0.25) is 10.0 Å². The highest BCUT2D eigenvalue weighted by atomic mass is 35.5. The van der Waals surface area contributed by atoms with Crippen LogP contribution in [0, 0.1) is 6.92 Å². The Morgan fingerprint density at radius 1 is 1.30 bits per heavy atom. The van der Waals surface area contributed by atoms with Gasteiger partial charge in [0.1, 0.15) is 0 Å². The summed E-state index contributed by atoms with van der Waals surface area (Å²) in [6.07, 6.45) is 1.68. The summed E-state index contributed by atoms with van der Waals surface area (Å²) in [5, 5.41) is 11.1. The predicted octanol–water partition coefficient (Wildman–Crippen LogP) is 2.12. The van der Waals surface area contributed by atoms with Crippen molar-refractivity contribution in [3.8, 4) is 0 Å². The average molecular weight is 361 g/mol. The molecule has 1 aliphatic rings. The molecular formula is C16H25ClN2O3S. The van der Waals surface area contributed by atoms with Crippen LogP contribution in [0.4, 0.5) is 0 Å². The maximum atomic E-state index is 12.8. The molecule has 2 rings (SSSR count). The lowest BCUT2D eigenvalue weighted by Gasteiger charge is -2.29. The number of nitrogens with zero attached hydrogens (tertiary/aromatic N) is 2. The lowest BCUT2D eigenvalue weighted by Crippen LogP contribution is -2.41. The van der Waals surface area contributed by atoms with Crippen molar-refractivity contribution in [1.82, 2.24) is 9.21 Å². The van der Waals surface area contributed by atoms with Crippen molar-refractivity contribution < 1.29 is 13.5 Å². The van der Waals surface area contributed by atoms with Crippen LogP contribution in [0.15, 0.2) is 23.1 Å². The molecular weight excluding hydrogens is 336 g/mol. The number of halogens is 1. The summed E-state index contributed by atoms with van der Waals surface area (Å²) in [4.78, 5) is 2.15. The second kappa shape index (κ2) is 7.07. The number of rotatable bonds is 4. The van der Waals surface area contributed by atoms with Gasteiger partial charge in [0.15, 0.2) is 0 Å². The first kappa shape index (κ1) is 18.7. The molecule has 7 heteroatoms. The van der Waals surface area contributed by atoms with E-state index in [2.05, 4.69) is 0 Å². The molecule has 1 aromatic carbocycles. The Kier molecular flexibility index (Phi) is 5.74. The Balaban J connectivity index is 2.19. The Bertz CT molecular complexity index is 663. The first-order valence-corrected chi connectivity index (χ1v) is 9.59. The Morgan fingerprint density at radius 2 is 2.00 bits per heavy atom. The second-order valence-corrected chi connectivity index (χ2v) is 8.98. The van der Waals surface area contributed by atoms with Crippen LogP contribution in [0.1, 0.15) is 24.8 Å². The van der Waals surface area contributed by atoms with E-state index in [0.29, 0.717) is 43.9 Å². The number of aliphatic hydroxyl groups is 1. The third kappa shape index (κ3) is 4.45. The fourth-order valence-corrected chi connectivity index (χ4v) is 4.78. The zero-order chi connectivity index (χ0) is 17.3. The van der Waals surface area contributed by atoms with E-state index < -0.39 is 15.6 Å². The van der Waals surface area contributed by atoms with Gasteiger partial charge in [-0.1, -0.05) is 17.7 Å². The van der Waals surface area contributed by atoms with Gasteiger partial charge < -0.3 is 10.0 Å². The summed E-state index contributed by atoms with van der Waals surface area (Å²) < 4.78 is 27.1. The maximum absolute atomic E-state index is 12.8. The molecule has 1 atom stereocenters. The van der Waals surface area contributed by atoms with Crippen molar-refractivity contribution in [2.24, 2.45) is 0 Å². The summed E-state index contributed by atoms with van der Waals surface area (Å²) in [5.41, 5.74) is 0.0143. The zero-order valence-corrected chi connectivity index (χ0v) is 15.5. The summed E-state index contributed by atoms with van der Waals surface area (Å²) in [6, 6.07) is 4.81. The third-order valence-electron chi connectivity index (χ3n) is 4.27. The highest BCUT2D eigenvalue weighted by molar-refractivity contribution is 7.89. The lowest BCUT2D eigenvalue weighted by atomic mass is 9.94. The number of hydrogen-bond acceptors (Lipinski definition) is 4. The number of likely N-dealkylation sites (N-methyl/N-ethyl adjacent to an activating group) is 1. The molecule has 0 bridgehead atoms. The minimum absolute atomic E-state index is 0.214. The van der Waals surface area contributed by atoms with Crippen LogP contribution < -0.4 is 0 Å². The van der Waals surface area contributed by atoms with E-state index in [1.54, 1.807) is 12.1 Å². The van der Waals surface area contributed by atoms with Gasteiger partial charge in [-0.15, -0.1) is 0 Å². The van der Waals surface area contributed by atoms with Crippen molar-refractivity contribution in [1.29, 1.82) is 0 Å². The molecule has 23 heavy (non-hydrogen) atoms. The van der Waals surface area contributed by atoms with Crippen molar-refractivity contribution in [2.75, 3.05) is 33.7 Å². The summed E-state index contributed by atoms with van der Waals surface area (Å²) in [6.45, 7) is 3.12. The minimum Gasteiger partial charge on any atom is -0.389 e. The summed E-state index contributed by atoms with van der Waals surface area (Å²) >= 11 is 6.07. The van der Waals surface area contributed by atoms with E-state index in [1.807, 2.05) is 25.9 Å². The first-order valence-electron chi connectivity index (χ1n) is 7.77. The number of benzene rings is 1. The maximum Gasteiger partial charge on any atom is 0.243 e. The normalized spacial score (nSPS) is 23.9. The molecule has 1 N–H and O–H groups in total. The highest BCUT2D eigenvalue weighted by Gasteiger charge is 2.34. The van der Waals surface area contributed by atoms with Crippen LogP contribution in [0.2, 0.25) is 5.02 Å². The second-order valence-electron chi connectivity index (χ2n) is 6.63. The molecule has 0 aliphatic carbocycles. The number of hydrogen-bond donors (Lipinski definition) is 1. The molecule has 0 saturated carbocycles. The fourth-order valence-electron chi connectivity index (χ4n) is 3.02. The fraction of sp³-hybridized carbons (Fsp3) is 0.625. The lowest BCUT2D eigenvalue weighted by molar-refractivity contribution is 0.00405. The monoisotopic (exact) mass is 360 g/mol. The average Bonchev–Trinajstić information content (AvgIpc) is 2.63. The molecule has 1 unspecified atom stereocenters. The number of aryl methyl sites for hydroxylation is 1. The summed E-state index contributed by atoms with van der Waals surface area (Å²) in [7, 11) is 0.238. The van der Waals surface area contributed by atoms with Crippen molar-refractivity contribution >= 4 is 21.6 Å². The van der Waals surface area contributed by atoms with Gasteiger partial charge in [0.25, 0.3) is 0 Å². The molecule has 1 fully saturated rings. The van der Waals surface area contributed by atoms with Crippen LogP contribution in [0.5, 0.6) is 0 Å². The Morgan fingerprint density at radius 3 is 2.61 bits per heavy atom. The predicted molar refractivity (Wildman–Crippen MR) is 92.3 cm³/mol. The van der Waals surface area contributed by atoms with Gasteiger partial charge in [-0.25, -0.2) is 8.42 Å². The molecule has 0 radical (unpaired) electrons. The van der Waals surface area contributed by atoms with E-state index in [9.17, 15) is 13.5 Å². The third-order valence-corrected chi connectivity index (χ3v) is 6.57. The quantitative estimate of drug-likeness (QED) is 0.893. The topological polar surface area (TPSA) is 60.9 Å². The van der Waals surface area contributed by atoms with Gasteiger partial charge in [-0.3, -0.25) is 0 Å². The number of sulfonamides is 1. The van der Waals surface area contributed by atoms with Gasteiger partial charge in [0.05, 0.1) is 10.5 Å². The van der Waals surface area contributed by atoms with Crippen molar-refractivity contribution in [3.63, 3.8) is 0 Å². The standard InChI is InChI=1S/C16H25ClN2O3S/c1-13-5-6-14(11-15(13)17)23(21,22)19-9-4-7-16(20,8-10-19)12-18(2)3/h5-6,11,20H,4,7-10,12H2,1-3H3. The first-order chi connectivity index (χ1) is 10.6. The van der Waals surface area contributed by atoms with E-state index in [4.69, 9.17) is 11.6 Å². The Labute approximate surface area is 143 Å². The van der Waals surface area contributed by atoms with Crippen LogP contribution in [-0.4, -0.2) is 62.1 Å². The van der Waals surface area contributed by atoms with E-state index in [-0.39, 0.29) is 4.90 Å². The molecule has 0 spiro atoms. The molecule has 5 nitrogen and oxygen atoms in total. The van der Waals surface area contributed by atoms with Gasteiger partial charge in [0, 0.05) is 24.7 Å². The molecule has 1 heterocycles. The minimum atomic E-state index is -3.58. The van der Waals surface area contributed by atoms with Crippen molar-refractivity contribution in [2.45, 2.75) is 36.7 Å². The van der Waals surface area contributed by atoms with E-state index in [0.717, 1.165) is 5.56 Å². The van der Waals surface area contributed by atoms with E-state index >= 15 is 0 Å². The Hall–Kier alpha value is -0.660. The molecule has 0 aromatic heterocycles. The van der Waals surface area contributed by atoms with Crippen LogP contribution in [0.25, 0.3) is 0 Å². The molecule has 130 valence electrons. The highest BCUT2D eigenvalue weighted by Crippen LogP contribution is 2.28. The van der Waals surface area contributed by atoms with Gasteiger partial charge in [-0.2, -0.15) is 4.31 Å². The van der Waals surface area contributed by atoms with Gasteiger partial charge >= 0.3 is 0 Å². The zero-order valence-electron chi connectivity index (χ0n) is 13.9. The van der Waals surface area contributed by atoms with Crippen molar-refractivity contribution in [3.05, 3.63) is 28.8 Å². The molecule has 1 aliphatic heterocycles. The SMILES string of the molecule is Cc1ccc(S(=O)(=O)N2CCCC(O)(CN(C)C)CC2)cc1Cl. The summed E-state index contributed by atoms with van der Waals surface area (Å²) in [5.74, 6) is 0. The van der Waals surface area contributed by atoms with Crippen LogP contribution >= 0.6 is 11.6 Å². The van der Waals surface area contributed by atoms with Crippen LogP contribution in [-0.2, 0) is 10.0 Å². The van der Waals surface area contributed by atoms with Gasteiger partial charge in [-0.05, 0) is 58.0 Å². The molecule has 1 saturated heterocycles. The molecule has 0 amide bonds. The van der Waals surface area contributed by atoms with E-state index in [1.165, 1.54) is 10.4 Å².